The van der Waals surface area contributed by atoms with Gasteiger partial charge in [0.25, 0.3) is 0 Å². The Kier molecular flexibility index (Phi) is 5.17. The van der Waals surface area contributed by atoms with Crippen LogP contribution < -0.4 is 0 Å². The fourth-order valence-electron chi connectivity index (χ4n) is 4.54. The van der Waals surface area contributed by atoms with Crippen molar-refractivity contribution >= 4 is 16.9 Å². The predicted molar refractivity (Wildman–Crippen MR) is 112 cm³/mol. The van der Waals surface area contributed by atoms with Crippen molar-refractivity contribution in [2.24, 2.45) is 0 Å². The van der Waals surface area contributed by atoms with E-state index in [1.54, 1.807) is 18.1 Å². The zero-order valence-corrected chi connectivity index (χ0v) is 17.5. The van der Waals surface area contributed by atoms with Gasteiger partial charge in [-0.25, -0.2) is 9.97 Å². The van der Waals surface area contributed by atoms with Crippen molar-refractivity contribution in [1.29, 1.82) is 0 Å². The van der Waals surface area contributed by atoms with Crippen LogP contribution in [0.5, 0.6) is 0 Å². The maximum absolute atomic E-state index is 13.2. The van der Waals surface area contributed by atoms with Gasteiger partial charge in [0.2, 0.25) is 5.91 Å². The summed E-state index contributed by atoms with van der Waals surface area (Å²) in [5.41, 5.74) is 1.88. The van der Waals surface area contributed by atoms with Crippen molar-refractivity contribution in [1.82, 2.24) is 24.0 Å². The van der Waals surface area contributed by atoms with Crippen LogP contribution in [0, 0.1) is 6.92 Å². The van der Waals surface area contributed by atoms with Crippen molar-refractivity contribution in [3.8, 4) is 0 Å². The molecular formula is C22H29N5O2. The molecule has 7 heteroatoms. The second-order valence-electron chi connectivity index (χ2n) is 8.29. The third-order valence-electron chi connectivity index (χ3n) is 6.15. The van der Waals surface area contributed by atoms with E-state index < -0.39 is 6.10 Å². The summed E-state index contributed by atoms with van der Waals surface area (Å²) in [7, 11) is 1.80. The lowest BCUT2D eigenvalue weighted by Crippen LogP contribution is -2.44. The number of hydrogen-bond donors (Lipinski definition) is 1. The van der Waals surface area contributed by atoms with Crippen LogP contribution in [-0.4, -0.2) is 54.2 Å². The van der Waals surface area contributed by atoms with Crippen LogP contribution >= 0.6 is 0 Å². The molecule has 0 aliphatic heterocycles. The average Bonchev–Trinajstić information content (AvgIpc) is 3.38. The molecule has 1 saturated carbocycles. The van der Waals surface area contributed by atoms with Crippen molar-refractivity contribution in [3.63, 3.8) is 0 Å². The van der Waals surface area contributed by atoms with Crippen LogP contribution in [0.4, 0.5) is 0 Å². The Labute approximate surface area is 171 Å². The number of carbonyl (C=O) groups is 1. The fourth-order valence-corrected chi connectivity index (χ4v) is 4.54. The lowest BCUT2D eigenvalue weighted by atomic mass is 10.1. The summed E-state index contributed by atoms with van der Waals surface area (Å²) in [5.74, 6) is 2.00. The molecule has 1 aliphatic rings. The highest BCUT2D eigenvalue weighted by Gasteiger charge is 2.40. The topological polar surface area (TPSA) is 76.2 Å². The third-order valence-corrected chi connectivity index (χ3v) is 6.15. The molecule has 1 aliphatic carbocycles. The van der Waals surface area contributed by atoms with E-state index in [0.717, 1.165) is 35.5 Å². The van der Waals surface area contributed by atoms with Crippen molar-refractivity contribution in [2.45, 2.75) is 64.3 Å². The minimum atomic E-state index is -0.610. The first-order valence-electron chi connectivity index (χ1n) is 10.3. The number of para-hydroxylation sites is 2. The minimum Gasteiger partial charge on any atom is -0.389 e. The van der Waals surface area contributed by atoms with E-state index in [1.807, 2.05) is 46.5 Å². The van der Waals surface area contributed by atoms with Gasteiger partial charge >= 0.3 is 0 Å². The summed E-state index contributed by atoms with van der Waals surface area (Å²) in [6.45, 7) is 6.34. The monoisotopic (exact) mass is 395 g/mol. The number of nitrogens with zero attached hydrogens (tertiary/aromatic N) is 5. The highest BCUT2D eigenvalue weighted by molar-refractivity contribution is 5.81. The molecule has 2 heterocycles. The van der Waals surface area contributed by atoms with Gasteiger partial charge in [0.05, 0.1) is 29.2 Å². The molecule has 1 amide bonds. The number of hydrogen-bond acceptors (Lipinski definition) is 4. The van der Waals surface area contributed by atoms with E-state index in [0.29, 0.717) is 0 Å². The summed E-state index contributed by atoms with van der Waals surface area (Å²) >= 11 is 0. The fraction of sp³-hybridized carbons (Fsp3) is 0.500. The first kappa shape index (κ1) is 19.6. The first-order chi connectivity index (χ1) is 13.9. The Bertz CT molecular complexity index is 1020. The van der Waals surface area contributed by atoms with Crippen LogP contribution in [-0.2, 0) is 11.3 Å². The molecule has 0 bridgehead atoms. The Hall–Kier alpha value is -2.67. The van der Waals surface area contributed by atoms with Crippen molar-refractivity contribution < 1.29 is 9.90 Å². The van der Waals surface area contributed by atoms with Gasteiger partial charge in [0.15, 0.2) is 0 Å². The lowest BCUT2D eigenvalue weighted by Gasteiger charge is -2.30. The molecule has 154 valence electrons. The number of aromatic nitrogens is 4. The maximum Gasteiger partial charge on any atom is 0.242 e. The van der Waals surface area contributed by atoms with Gasteiger partial charge in [-0.15, -0.1) is 0 Å². The molecular weight excluding hydrogens is 366 g/mol. The van der Waals surface area contributed by atoms with E-state index in [-0.39, 0.29) is 30.5 Å². The van der Waals surface area contributed by atoms with Crippen LogP contribution in [0.25, 0.3) is 11.0 Å². The zero-order valence-electron chi connectivity index (χ0n) is 17.5. The molecule has 0 saturated heterocycles. The normalized spacial score (nSPS) is 21.9. The number of aliphatic hydroxyl groups excluding tert-OH is 1. The Morgan fingerprint density at radius 1 is 1.31 bits per heavy atom. The first-order valence-corrected chi connectivity index (χ1v) is 10.3. The maximum atomic E-state index is 13.2. The second kappa shape index (κ2) is 7.63. The number of likely N-dealkylation sites (N-methyl/N-ethyl adjacent to an activating group) is 1. The summed E-state index contributed by atoms with van der Waals surface area (Å²) in [6, 6.07) is 7.67. The molecule has 2 aromatic heterocycles. The molecule has 1 fully saturated rings. The standard InChI is InChI=1S/C22H29N5O2/c1-14(2)22-24-16-7-5-6-8-17(16)27(22)13-20(28)25(4)18-9-10-19(21(18)29)26-12-11-23-15(26)3/h5-8,11-12,14,18-19,21,29H,9-10,13H2,1-4H3/t18-,19-,21-/m1/s1. The Morgan fingerprint density at radius 3 is 2.76 bits per heavy atom. The molecule has 7 nitrogen and oxygen atoms in total. The largest absolute Gasteiger partial charge is 0.389 e. The number of benzene rings is 1. The van der Waals surface area contributed by atoms with Crippen LogP contribution in [0.3, 0.4) is 0 Å². The molecule has 0 radical (unpaired) electrons. The molecule has 0 unspecified atom stereocenters. The zero-order chi connectivity index (χ0) is 20.7. The summed E-state index contributed by atoms with van der Waals surface area (Å²) in [6.07, 6.45) is 4.64. The molecule has 3 atom stereocenters. The predicted octanol–water partition coefficient (Wildman–Crippen LogP) is 2.89. The van der Waals surface area contributed by atoms with Gasteiger partial charge in [-0.1, -0.05) is 26.0 Å². The number of imidazole rings is 2. The number of aliphatic hydroxyl groups is 1. The third kappa shape index (κ3) is 3.44. The summed E-state index contributed by atoms with van der Waals surface area (Å²) in [4.78, 5) is 23.9. The van der Waals surface area contributed by atoms with Crippen molar-refractivity contribution in [2.75, 3.05) is 7.05 Å². The number of rotatable bonds is 5. The van der Waals surface area contributed by atoms with Gasteiger partial charge in [-0.05, 0) is 31.9 Å². The van der Waals surface area contributed by atoms with Crippen LogP contribution in [0.15, 0.2) is 36.7 Å². The van der Waals surface area contributed by atoms with Gasteiger partial charge in [-0.3, -0.25) is 4.79 Å². The summed E-state index contributed by atoms with van der Waals surface area (Å²) < 4.78 is 4.03. The number of amides is 1. The molecule has 4 rings (SSSR count). The van der Waals surface area contributed by atoms with Gasteiger partial charge in [0.1, 0.15) is 18.2 Å². The van der Waals surface area contributed by atoms with E-state index in [4.69, 9.17) is 4.98 Å². The molecule has 0 spiro atoms. The van der Waals surface area contributed by atoms with Gasteiger partial charge in [0, 0.05) is 25.4 Å². The SMILES string of the molecule is Cc1nccn1[C@@H]1CC[C@@H](N(C)C(=O)Cn2c(C(C)C)nc3ccccc32)[C@H]1O. The Balaban J connectivity index is 1.54. The van der Waals surface area contributed by atoms with E-state index in [2.05, 4.69) is 18.8 Å². The second-order valence-corrected chi connectivity index (χ2v) is 8.29. The van der Waals surface area contributed by atoms with Crippen LogP contribution in [0.1, 0.15) is 50.3 Å². The lowest BCUT2D eigenvalue weighted by molar-refractivity contribution is -0.134. The highest BCUT2D eigenvalue weighted by atomic mass is 16.3. The van der Waals surface area contributed by atoms with Crippen molar-refractivity contribution in [3.05, 3.63) is 48.3 Å². The molecule has 29 heavy (non-hydrogen) atoms. The van der Waals surface area contributed by atoms with E-state index in [9.17, 15) is 9.90 Å². The smallest absolute Gasteiger partial charge is 0.242 e. The average molecular weight is 396 g/mol. The highest BCUT2D eigenvalue weighted by Crippen LogP contribution is 2.34. The molecule has 3 aromatic rings. The number of carbonyl (C=O) groups excluding carboxylic acids is 1. The quantitative estimate of drug-likeness (QED) is 0.721. The van der Waals surface area contributed by atoms with Crippen LogP contribution in [0.2, 0.25) is 0 Å². The molecule has 1 N–H and O–H groups in total. The number of fused-ring (bicyclic) bond motifs is 1. The minimum absolute atomic E-state index is 0.0119. The van der Waals surface area contributed by atoms with Gasteiger partial charge in [-0.2, -0.15) is 0 Å². The number of aryl methyl sites for hydroxylation is 1. The molecule has 1 aromatic carbocycles. The Morgan fingerprint density at radius 2 is 2.07 bits per heavy atom. The van der Waals surface area contributed by atoms with E-state index >= 15 is 0 Å². The van der Waals surface area contributed by atoms with Gasteiger partial charge < -0.3 is 19.1 Å². The summed E-state index contributed by atoms with van der Waals surface area (Å²) in [5, 5.41) is 10.9. The van der Waals surface area contributed by atoms with E-state index in [1.165, 1.54) is 0 Å².